The number of hydrogen-bond acceptors (Lipinski definition) is 8. The van der Waals surface area contributed by atoms with Gasteiger partial charge in [0.05, 0.1) is 6.04 Å². The Kier molecular flexibility index (Phi) is 20.9. The van der Waals surface area contributed by atoms with Crippen LogP contribution in [0.25, 0.3) is 0 Å². The summed E-state index contributed by atoms with van der Waals surface area (Å²) in [5, 5.41) is 36.4. The molecule has 2 aliphatic heterocycles. The first kappa shape index (κ1) is 39.6. The number of nitrogens with zero attached hydrogens (tertiary/aromatic N) is 1. The lowest BCUT2D eigenvalue weighted by Crippen LogP contribution is -2.64. The third-order valence-corrected chi connectivity index (χ3v) is 10.4. The standard InChI is InChI=1S/C34H63N3O7S/c1-3-5-7-9-11-13-15-17-19-21-23-35-32(42)26(36-28(38)22-20-18-16-14-12-10-8-6-4-2)25-45-33-31(41)30(40)29(39)27-24-44-34(43)37(27)33/h26-27,29-31,33,39-41H,3-25H2,1-2H3,(H,35,42)(H,36,38)/t26-,27+,29+,30-,31+,33+/m0/s1. The van der Waals surface area contributed by atoms with Crippen LogP contribution < -0.4 is 10.6 Å². The second kappa shape index (κ2) is 23.7. The van der Waals surface area contributed by atoms with E-state index < -0.39 is 41.9 Å². The van der Waals surface area contributed by atoms with Crippen molar-refractivity contribution in [1.82, 2.24) is 15.5 Å². The Morgan fingerprint density at radius 1 is 0.778 bits per heavy atom. The van der Waals surface area contributed by atoms with Crippen molar-refractivity contribution >= 4 is 29.7 Å². The number of unbranched alkanes of at least 4 members (excludes halogenated alkanes) is 17. The normalized spacial score (nSPS) is 23.4. The number of piperidine rings is 1. The van der Waals surface area contributed by atoms with Crippen LogP contribution in [-0.2, 0) is 14.3 Å². The number of carbonyl (C=O) groups excluding carboxylic acids is 3. The molecule has 5 N–H and O–H groups in total. The third-order valence-electron chi connectivity index (χ3n) is 9.03. The first-order valence-electron chi connectivity index (χ1n) is 18.0. The van der Waals surface area contributed by atoms with Crippen molar-refractivity contribution in [3.05, 3.63) is 0 Å². The van der Waals surface area contributed by atoms with Gasteiger partial charge in [-0.2, -0.15) is 0 Å². The van der Waals surface area contributed by atoms with E-state index in [4.69, 9.17) is 4.74 Å². The molecule has 0 bridgehead atoms. The topological polar surface area (TPSA) is 148 Å². The summed E-state index contributed by atoms with van der Waals surface area (Å²) >= 11 is 1.10. The van der Waals surface area contributed by atoms with Gasteiger partial charge in [0.1, 0.15) is 36.3 Å². The largest absolute Gasteiger partial charge is 0.447 e. The lowest BCUT2D eigenvalue weighted by molar-refractivity contribution is -0.128. The van der Waals surface area contributed by atoms with Crippen molar-refractivity contribution in [3.8, 4) is 0 Å². The van der Waals surface area contributed by atoms with Gasteiger partial charge in [-0.3, -0.25) is 14.5 Å². The number of amides is 3. The highest BCUT2D eigenvalue weighted by molar-refractivity contribution is 8.00. The minimum absolute atomic E-state index is 0.0842. The molecular weight excluding hydrogens is 594 g/mol. The van der Waals surface area contributed by atoms with Gasteiger partial charge in [0.15, 0.2) is 0 Å². The quantitative estimate of drug-likeness (QED) is 0.0777. The Balaban J connectivity index is 1.82. The van der Waals surface area contributed by atoms with Crippen LogP contribution in [0.2, 0.25) is 0 Å². The minimum Gasteiger partial charge on any atom is -0.447 e. The molecule has 0 spiro atoms. The summed E-state index contributed by atoms with van der Waals surface area (Å²) in [6.07, 6.45) is 17.7. The average Bonchev–Trinajstić information content (AvgIpc) is 3.42. The summed E-state index contributed by atoms with van der Waals surface area (Å²) in [5.41, 5.74) is 0. The molecule has 262 valence electrons. The van der Waals surface area contributed by atoms with Gasteiger partial charge in [0.2, 0.25) is 11.8 Å². The van der Waals surface area contributed by atoms with E-state index in [1.807, 2.05) is 0 Å². The van der Waals surface area contributed by atoms with Gasteiger partial charge in [-0.25, -0.2) is 4.79 Å². The zero-order valence-electron chi connectivity index (χ0n) is 28.1. The van der Waals surface area contributed by atoms with Gasteiger partial charge in [0.25, 0.3) is 0 Å². The van der Waals surface area contributed by atoms with Crippen LogP contribution in [0.5, 0.6) is 0 Å². The molecule has 2 aliphatic rings. The van der Waals surface area contributed by atoms with Gasteiger partial charge in [-0.05, 0) is 12.8 Å². The molecule has 0 aromatic carbocycles. The van der Waals surface area contributed by atoms with Crippen molar-refractivity contribution in [2.75, 3.05) is 18.9 Å². The highest BCUT2D eigenvalue weighted by atomic mass is 32.2. The summed E-state index contributed by atoms with van der Waals surface area (Å²) in [7, 11) is 0. The molecular formula is C34H63N3O7S. The van der Waals surface area contributed by atoms with E-state index in [-0.39, 0.29) is 24.2 Å². The van der Waals surface area contributed by atoms with E-state index in [1.54, 1.807) is 0 Å². The second-order valence-electron chi connectivity index (χ2n) is 12.9. The van der Waals surface area contributed by atoms with Crippen molar-refractivity contribution in [2.24, 2.45) is 0 Å². The first-order valence-corrected chi connectivity index (χ1v) is 19.0. The molecule has 0 aliphatic carbocycles. The highest BCUT2D eigenvalue weighted by Crippen LogP contribution is 2.35. The second-order valence-corrected chi connectivity index (χ2v) is 14.1. The number of cyclic esters (lactones) is 1. The Hall–Kier alpha value is -1.56. The molecule has 6 atom stereocenters. The third kappa shape index (κ3) is 14.8. The molecule has 45 heavy (non-hydrogen) atoms. The summed E-state index contributed by atoms with van der Waals surface area (Å²) in [6, 6.07) is -1.64. The highest BCUT2D eigenvalue weighted by Gasteiger charge is 2.54. The van der Waals surface area contributed by atoms with Gasteiger partial charge >= 0.3 is 6.09 Å². The van der Waals surface area contributed by atoms with Gasteiger partial charge < -0.3 is 30.7 Å². The molecule has 0 saturated carbocycles. The molecule has 0 radical (unpaired) electrons. The Morgan fingerprint density at radius 2 is 1.29 bits per heavy atom. The summed E-state index contributed by atoms with van der Waals surface area (Å²) in [4.78, 5) is 39.7. The van der Waals surface area contributed by atoms with Crippen LogP contribution in [0.3, 0.4) is 0 Å². The summed E-state index contributed by atoms with van der Waals surface area (Å²) in [5.74, 6) is -0.407. The summed E-state index contributed by atoms with van der Waals surface area (Å²) in [6.45, 7) is 4.87. The van der Waals surface area contributed by atoms with E-state index in [9.17, 15) is 29.7 Å². The number of ether oxygens (including phenoxy) is 1. The van der Waals surface area contributed by atoms with Crippen LogP contribution in [0.1, 0.15) is 142 Å². The first-order chi connectivity index (χ1) is 21.8. The van der Waals surface area contributed by atoms with E-state index in [0.29, 0.717) is 13.0 Å². The van der Waals surface area contributed by atoms with Crippen molar-refractivity contribution < 1.29 is 34.4 Å². The molecule has 0 aromatic rings. The number of hydrogen-bond donors (Lipinski definition) is 5. The van der Waals surface area contributed by atoms with Crippen LogP contribution in [-0.4, -0.2) is 92.8 Å². The van der Waals surface area contributed by atoms with Crippen molar-refractivity contribution in [1.29, 1.82) is 0 Å². The number of rotatable bonds is 26. The van der Waals surface area contributed by atoms with Gasteiger partial charge in [-0.1, -0.05) is 123 Å². The average molecular weight is 658 g/mol. The van der Waals surface area contributed by atoms with Crippen molar-refractivity contribution in [3.63, 3.8) is 0 Å². The number of fused-ring (bicyclic) bond motifs is 1. The lowest BCUT2D eigenvalue weighted by atomic mass is 9.95. The Morgan fingerprint density at radius 3 is 1.84 bits per heavy atom. The van der Waals surface area contributed by atoms with Gasteiger partial charge in [0, 0.05) is 18.7 Å². The molecule has 3 amide bonds. The molecule has 2 heterocycles. The molecule has 0 aromatic heterocycles. The van der Waals surface area contributed by atoms with E-state index in [1.165, 1.54) is 88.4 Å². The smallest absolute Gasteiger partial charge is 0.411 e. The molecule has 2 rings (SSSR count). The SMILES string of the molecule is CCCCCCCCCCCCNC(=O)[C@H](CS[C@@H]1[C@H](O)[C@@H](O)[C@H](O)[C@H]2COC(=O)N21)NC(=O)CCCCCCCCCCC. The Bertz CT molecular complexity index is 836. The number of aliphatic hydroxyl groups excluding tert-OH is 3. The maximum Gasteiger partial charge on any atom is 0.411 e. The van der Waals surface area contributed by atoms with Crippen LogP contribution in [0.15, 0.2) is 0 Å². The van der Waals surface area contributed by atoms with Crippen molar-refractivity contribution in [2.45, 2.75) is 178 Å². The maximum atomic E-state index is 13.2. The maximum absolute atomic E-state index is 13.2. The number of thioether (sulfide) groups is 1. The molecule has 2 saturated heterocycles. The zero-order valence-corrected chi connectivity index (χ0v) is 28.9. The van der Waals surface area contributed by atoms with Gasteiger partial charge in [-0.15, -0.1) is 11.8 Å². The number of carbonyl (C=O) groups is 3. The fourth-order valence-corrected chi connectivity index (χ4v) is 7.52. The number of aliphatic hydroxyl groups is 3. The van der Waals surface area contributed by atoms with E-state index in [0.717, 1.165) is 50.3 Å². The van der Waals surface area contributed by atoms with E-state index in [2.05, 4.69) is 24.5 Å². The zero-order chi connectivity index (χ0) is 32.9. The van der Waals surface area contributed by atoms with E-state index >= 15 is 0 Å². The fourth-order valence-electron chi connectivity index (χ4n) is 6.13. The number of nitrogens with one attached hydrogen (secondary N) is 2. The summed E-state index contributed by atoms with van der Waals surface area (Å²) < 4.78 is 5.08. The predicted molar refractivity (Wildman–Crippen MR) is 180 cm³/mol. The molecule has 2 fully saturated rings. The monoisotopic (exact) mass is 657 g/mol. The van der Waals surface area contributed by atoms with Crippen LogP contribution in [0.4, 0.5) is 4.79 Å². The fraction of sp³-hybridized carbons (Fsp3) is 0.912. The predicted octanol–water partition coefficient (Wildman–Crippen LogP) is 5.41. The molecule has 0 unspecified atom stereocenters. The molecule has 10 nitrogen and oxygen atoms in total. The van der Waals surface area contributed by atoms with Crippen LogP contribution in [0, 0.1) is 0 Å². The minimum atomic E-state index is -1.46. The molecule has 11 heteroatoms. The van der Waals surface area contributed by atoms with Crippen LogP contribution >= 0.6 is 11.8 Å². The lowest BCUT2D eigenvalue weighted by Gasteiger charge is -2.44. The Labute approximate surface area is 276 Å².